The first-order valence-electron chi connectivity index (χ1n) is 7.35. The number of fused-ring (bicyclic) bond motifs is 1. The lowest BCUT2D eigenvalue weighted by Gasteiger charge is -2.24. The summed E-state index contributed by atoms with van der Waals surface area (Å²) < 4.78 is 20.5. The van der Waals surface area contributed by atoms with E-state index in [0.717, 1.165) is 24.2 Å². The molecule has 0 fully saturated rings. The molecule has 122 valence electrons. The van der Waals surface area contributed by atoms with Gasteiger partial charge in [-0.05, 0) is 25.0 Å². The van der Waals surface area contributed by atoms with E-state index >= 15 is 0 Å². The minimum absolute atomic E-state index is 0.0346. The van der Waals surface area contributed by atoms with Gasteiger partial charge < -0.3 is 15.4 Å². The Kier molecular flexibility index (Phi) is 4.14. The summed E-state index contributed by atoms with van der Waals surface area (Å²) in [5.74, 6) is 0.564. The third-order valence-corrected chi connectivity index (χ3v) is 3.89. The van der Waals surface area contributed by atoms with E-state index in [2.05, 4.69) is 20.7 Å². The Hall–Kier alpha value is -2.64. The van der Waals surface area contributed by atoms with Gasteiger partial charge in [0.15, 0.2) is 11.6 Å². The molecule has 0 saturated carbocycles. The van der Waals surface area contributed by atoms with E-state index in [0.29, 0.717) is 12.2 Å². The fraction of sp³-hybridized carbons (Fsp3) is 0.400. The van der Waals surface area contributed by atoms with E-state index in [4.69, 9.17) is 4.74 Å². The highest BCUT2D eigenvalue weighted by molar-refractivity contribution is 5.90. The van der Waals surface area contributed by atoms with Crippen LogP contribution in [0.4, 0.5) is 14.9 Å². The van der Waals surface area contributed by atoms with Crippen LogP contribution >= 0.6 is 0 Å². The summed E-state index contributed by atoms with van der Waals surface area (Å²) in [6.07, 6.45) is 3.07. The Labute approximate surface area is 132 Å². The van der Waals surface area contributed by atoms with Crippen LogP contribution in [-0.2, 0) is 13.0 Å². The average Bonchev–Trinajstić information content (AvgIpc) is 2.98. The zero-order valence-corrected chi connectivity index (χ0v) is 13.0. The second-order valence-corrected chi connectivity index (χ2v) is 5.49. The maximum Gasteiger partial charge on any atom is 0.319 e. The molecule has 3 rings (SSSR count). The van der Waals surface area contributed by atoms with Crippen LogP contribution in [0.25, 0.3) is 0 Å². The van der Waals surface area contributed by atoms with Gasteiger partial charge in [-0.15, -0.1) is 0 Å². The predicted octanol–water partition coefficient (Wildman–Crippen LogP) is 1.87. The Morgan fingerprint density at radius 1 is 1.48 bits per heavy atom. The first kappa shape index (κ1) is 15.3. The molecule has 0 saturated heterocycles. The Morgan fingerprint density at radius 3 is 3.09 bits per heavy atom. The lowest BCUT2D eigenvalue weighted by molar-refractivity contribution is 0.243. The second-order valence-electron chi connectivity index (χ2n) is 5.49. The van der Waals surface area contributed by atoms with Crippen LogP contribution in [0.1, 0.15) is 17.8 Å². The van der Waals surface area contributed by atoms with E-state index in [1.807, 2.05) is 0 Å². The number of hydrogen-bond acceptors (Lipinski definition) is 4. The number of halogens is 1. The number of amides is 2. The summed E-state index contributed by atoms with van der Waals surface area (Å²) in [5, 5.41) is 9.67. The first-order valence-corrected chi connectivity index (χ1v) is 7.35. The molecular formula is C15H18FN5O2. The smallest absolute Gasteiger partial charge is 0.319 e. The third kappa shape index (κ3) is 3.25. The van der Waals surface area contributed by atoms with Gasteiger partial charge in [-0.2, -0.15) is 5.10 Å². The van der Waals surface area contributed by atoms with Crippen LogP contribution in [0.3, 0.4) is 0 Å². The molecule has 0 spiro atoms. The van der Waals surface area contributed by atoms with Crippen molar-refractivity contribution < 1.29 is 13.9 Å². The molecule has 2 amide bonds. The molecule has 2 heterocycles. The van der Waals surface area contributed by atoms with Crippen molar-refractivity contribution in [1.29, 1.82) is 0 Å². The molecule has 2 aromatic rings. The lowest BCUT2D eigenvalue weighted by atomic mass is 10.1. The van der Waals surface area contributed by atoms with E-state index in [-0.39, 0.29) is 17.8 Å². The zero-order chi connectivity index (χ0) is 16.4. The van der Waals surface area contributed by atoms with E-state index in [9.17, 15) is 9.18 Å². The maximum atomic E-state index is 13.8. The monoisotopic (exact) mass is 319 g/mol. The maximum absolute atomic E-state index is 13.8. The van der Waals surface area contributed by atoms with Crippen LogP contribution < -0.4 is 15.4 Å². The van der Waals surface area contributed by atoms with Gasteiger partial charge in [0, 0.05) is 18.2 Å². The van der Waals surface area contributed by atoms with Gasteiger partial charge in [-0.3, -0.25) is 0 Å². The fourth-order valence-corrected chi connectivity index (χ4v) is 2.65. The molecule has 23 heavy (non-hydrogen) atoms. The molecule has 0 radical (unpaired) electrons. The van der Waals surface area contributed by atoms with Crippen molar-refractivity contribution >= 4 is 11.7 Å². The quantitative estimate of drug-likeness (QED) is 0.905. The minimum atomic E-state index is -0.515. The number of carbonyl (C=O) groups is 1. The standard InChI is InChI=1S/C15H18FN5O2/c1-9-5-13(23-2)11(16)6-12(9)20-15(22)19-10-3-4-14-17-8-18-21(14)7-10/h5-6,8,10H,3-4,7H2,1-2H3,(H2,19,20,22). The number of methoxy groups -OCH3 is 1. The number of rotatable bonds is 3. The first-order chi connectivity index (χ1) is 11.1. The number of urea groups is 1. The number of anilines is 1. The van der Waals surface area contributed by atoms with Crippen LogP contribution in [0, 0.1) is 12.7 Å². The second kappa shape index (κ2) is 6.23. The Bertz CT molecular complexity index is 731. The van der Waals surface area contributed by atoms with E-state index in [1.165, 1.54) is 19.5 Å². The Morgan fingerprint density at radius 2 is 2.30 bits per heavy atom. The normalized spacial score (nSPS) is 16.6. The summed E-state index contributed by atoms with van der Waals surface area (Å²) in [6, 6.07) is 2.40. The molecule has 1 aromatic heterocycles. The number of carbonyl (C=O) groups excluding carboxylic acids is 1. The Balaban J connectivity index is 1.63. The summed E-state index contributed by atoms with van der Waals surface area (Å²) in [6.45, 7) is 2.36. The van der Waals surface area contributed by atoms with Crippen molar-refractivity contribution in [1.82, 2.24) is 20.1 Å². The van der Waals surface area contributed by atoms with Gasteiger partial charge in [0.25, 0.3) is 0 Å². The van der Waals surface area contributed by atoms with Crippen molar-refractivity contribution in [3.63, 3.8) is 0 Å². The number of aryl methyl sites for hydroxylation is 2. The van der Waals surface area contributed by atoms with Gasteiger partial charge in [0.05, 0.1) is 19.7 Å². The van der Waals surface area contributed by atoms with E-state index in [1.54, 1.807) is 17.7 Å². The molecule has 0 bridgehead atoms. The van der Waals surface area contributed by atoms with Crippen molar-refractivity contribution in [2.75, 3.05) is 12.4 Å². The van der Waals surface area contributed by atoms with Gasteiger partial charge in [0.2, 0.25) is 0 Å². The summed E-state index contributed by atoms with van der Waals surface area (Å²) in [5.41, 5.74) is 1.14. The number of nitrogens with zero attached hydrogens (tertiary/aromatic N) is 3. The fourth-order valence-electron chi connectivity index (χ4n) is 2.65. The number of aromatic nitrogens is 3. The van der Waals surface area contributed by atoms with Gasteiger partial charge in [-0.1, -0.05) is 0 Å². The van der Waals surface area contributed by atoms with Crippen LogP contribution in [-0.4, -0.2) is 33.9 Å². The van der Waals surface area contributed by atoms with Gasteiger partial charge in [0.1, 0.15) is 12.2 Å². The number of benzene rings is 1. The van der Waals surface area contributed by atoms with Crippen LogP contribution in [0.5, 0.6) is 5.75 Å². The molecule has 2 N–H and O–H groups in total. The topological polar surface area (TPSA) is 81.1 Å². The average molecular weight is 319 g/mol. The highest BCUT2D eigenvalue weighted by Crippen LogP contribution is 2.25. The minimum Gasteiger partial charge on any atom is -0.494 e. The predicted molar refractivity (Wildman–Crippen MR) is 82.0 cm³/mol. The molecule has 7 nitrogen and oxygen atoms in total. The molecule has 8 heteroatoms. The van der Waals surface area contributed by atoms with Crippen molar-refractivity contribution in [2.45, 2.75) is 32.4 Å². The van der Waals surface area contributed by atoms with Crippen LogP contribution in [0.2, 0.25) is 0 Å². The molecule has 1 aromatic carbocycles. The highest BCUT2D eigenvalue weighted by Gasteiger charge is 2.21. The number of ether oxygens (including phenoxy) is 1. The molecule has 1 aliphatic rings. The van der Waals surface area contributed by atoms with Crippen molar-refractivity contribution in [3.8, 4) is 5.75 Å². The van der Waals surface area contributed by atoms with Crippen molar-refractivity contribution in [3.05, 3.63) is 35.7 Å². The largest absolute Gasteiger partial charge is 0.494 e. The summed E-state index contributed by atoms with van der Waals surface area (Å²) >= 11 is 0. The third-order valence-electron chi connectivity index (χ3n) is 3.89. The molecule has 1 atom stereocenters. The summed E-state index contributed by atoms with van der Waals surface area (Å²) in [7, 11) is 1.40. The molecular weight excluding hydrogens is 301 g/mol. The molecule has 0 aliphatic carbocycles. The van der Waals surface area contributed by atoms with E-state index < -0.39 is 5.82 Å². The van der Waals surface area contributed by atoms with Gasteiger partial charge >= 0.3 is 6.03 Å². The number of hydrogen-bond donors (Lipinski definition) is 2. The van der Waals surface area contributed by atoms with Gasteiger partial charge in [-0.25, -0.2) is 18.9 Å². The van der Waals surface area contributed by atoms with Crippen LogP contribution in [0.15, 0.2) is 18.5 Å². The number of nitrogens with one attached hydrogen (secondary N) is 2. The molecule has 1 unspecified atom stereocenters. The zero-order valence-electron chi connectivity index (χ0n) is 13.0. The lowest BCUT2D eigenvalue weighted by Crippen LogP contribution is -2.43. The van der Waals surface area contributed by atoms with Crippen molar-refractivity contribution in [2.24, 2.45) is 0 Å². The highest BCUT2D eigenvalue weighted by atomic mass is 19.1. The summed E-state index contributed by atoms with van der Waals surface area (Å²) in [4.78, 5) is 16.3. The molecule has 1 aliphatic heterocycles. The SMILES string of the molecule is COc1cc(C)c(NC(=O)NC2CCc3ncnn3C2)cc1F.